The van der Waals surface area contributed by atoms with Crippen LogP contribution in [0, 0.1) is 5.92 Å². The SMILES string of the molecule is OC1(C2CC2)CN(c2ncnc3c2CCCCC3)C1. The molecule has 2 heterocycles. The molecule has 19 heavy (non-hydrogen) atoms. The summed E-state index contributed by atoms with van der Waals surface area (Å²) in [5, 5.41) is 10.5. The molecule has 102 valence electrons. The summed E-state index contributed by atoms with van der Waals surface area (Å²) >= 11 is 0. The van der Waals surface area contributed by atoms with E-state index < -0.39 is 5.60 Å². The summed E-state index contributed by atoms with van der Waals surface area (Å²) in [5.74, 6) is 1.64. The zero-order chi connectivity index (χ0) is 12.9. The van der Waals surface area contributed by atoms with Gasteiger partial charge in [-0.15, -0.1) is 0 Å². The van der Waals surface area contributed by atoms with Gasteiger partial charge in [-0.2, -0.15) is 0 Å². The molecule has 1 N–H and O–H groups in total. The number of fused-ring (bicyclic) bond motifs is 1. The molecule has 3 aliphatic rings. The van der Waals surface area contributed by atoms with Gasteiger partial charge < -0.3 is 10.0 Å². The summed E-state index contributed by atoms with van der Waals surface area (Å²) in [7, 11) is 0. The molecule has 1 aromatic rings. The summed E-state index contributed by atoms with van der Waals surface area (Å²) in [4.78, 5) is 11.2. The Morgan fingerprint density at radius 3 is 2.68 bits per heavy atom. The molecule has 0 unspecified atom stereocenters. The summed E-state index contributed by atoms with van der Waals surface area (Å²) < 4.78 is 0. The molecule has 2 aliphatic carbocycles. The van der Waals surface area contributed by atoms with Crippen molar-refractivity contribution in [2.24, 2.45) is 5.92 Å². The molecule has 0 spiro atoms. The highest BCUT2D eigenvalue weighted by Crippen LogP contribution is 2.46. The van der Waals surface area contributed by atoms with E-state index in [1.54, 1.807) is 6.33 Å². The third-order valence-electron chi connectivity index (χ3n) is 4.92. The van der Waals surface area contributed by atoms with E-state index in [2.05, 4.69) is 14.9 Å². The first-order chi connectivity index (χ1) is 9.26. The number of aromatic nitrogens is 2. The second-order valence-corrected chi connectivity index (χ2v) is 6.42. The van der Waals surface area contributed by atoms with E-state index in [1.807, 2.05) is 0 Å². The zero-order valence-corrected chi connectivity index (χ0v) is 11.3. The Morgan fingerprint density at radius 2 is 1.89 bits per heavy atom. The molecule has 0 amide bonds. The van der Waals surface area contributed by atoms with Crippen LogP contribution in [0.3, 0.4) is 0 Å². The van der Waals surface area contributed by atoms with Crippen LogP contribution in [0.5, 0.6) is 0 Å². The van der Waals surface area contributed by atoms with E-state index >= 15 is 0 Å². The van der Waals surface area contributed by atoms with Crippen molar-refractivity contribution in [3.05, 3.63) is 17.6 Å². The quantitative estimate of drug-likeness (QED) is 0.821. The van der Waals surface area contributed by atoms with Gasteiger partial charge in [0.15, 0.2) is 0 Å². The minimum absolute atomic E-state index is 0.428. The minimum atomic E-state index is -0.428. The van der Waals surface area contributed by atoms with Gasteiger partial charge in [0.05, 0.1) is 13.1 Å². The fourth-order valence-corrected chi connectivity index (χ4v) is 3.60. The maximum Gasteiger partial charge on any atom is 0.135 e. The van der Waals surface area contributed by atoms with E-state index in [1.165, 1.54) is 43.4 Å². The fourth-order valence-electron chi connectivity index (χ4n) is 3.60. The lowest BCUT2D eigenvalue weighted by Gasteiger charge is -2.48. The van der Waals surface area contributed by atoms with Crippen LogP contribution in [-0.2, 0) is 12.8 Å². The largest absolute Gasteiger partial charge is 0.386 e. The predicted molar refractivity (Wildman–Crippen MR) is 73.2 cm³/mol. The number of aryl methyl sites for hydroxylation is 1. The van der Waals surface area contributed by atoms with Crippen LogP contribution < -0.4 is 4.90 Å². The first-order valence-electron chi connectivity index (χ1n) is 7.56. The van der Waals surface area contributed by atoms with Crippen molar-refractivity contribution in [3.8, 4) is 0 Å². The van der Waals surface area contributed by atoms with Crippen molar-refractivity contribution >= 4 is 5.82 Å². The molecule has 0 radical (unpaired) electrons. The lowest BCUT2D eigenvalue weighted by atomic mass is 9.88. The Morgan fingerprint density at radius 1 is 1.11 bits per heavy atom. The summed E-state index contributed by atoms with van der Waals surface area (Å²) in [5.41, 5.74) is 2.16. The van der Waals surface area contributed by atoms with Crippen molar-refractivity contribution in [2.45, 2.75) is 50.5 Å². The number of β-amino-alcohol motifs (C(OH)–C–C–N with tert-alkyl or cyclic N) is 1. The lowest BCUT2D eigenvalue weighted by Crippen LogP contribution is -2.63. The van der Waals surface area contributed by atoms with Crippen molar-refractivity contribution in [2.75, 3.05) is 18.0 Å². The Hall–Kier alpha value is -1.16. The molecular formula is C15H21N3O. The smallest absolute Gasteiger partial charge is 0.135 e. The van der Waals surface area contributed by atoms with Gasteiger partial charge in [0.1, 0.15) is 17.7 Å². The highest BCUT2D eigenvalue weighted by molar-refractivity contribution is 5.53. The Balaban J connectivity index is 1.59. The second-order valence-electron chi connectivity index (χ2n) is 6.42. The van der Waals surface area contributed by atoms with Crippen LogP contribution >= 0.6 is 0 Å². The Labute approximate surface area is 113 Å². The molecule has 0 aromatic carbocycles. The lowest BCUT2D eigenvalue weighted by molar-refractivity contribution is -0.00985. The molecule has 4 nitrogen and oxygen atoms in total. The number of nitrogens with zero attached hydrogens (tertiary/aromatic N) is 3. The summed E-state index contributed by atoms with van der Waals surface area (Å²) in [6.45, 7) is 1.53. The predicted octanol–water partition coefficient (Wildman–Crippen LogP) is 1.71. The van der Waals surface area contributed by atoms with Crippen LogP contribution in [0.15, 0.2) is 6.33 Å². The van der Waals surface area contributed by atoms with Crippen LogP contribution in [0.25, 0.3) is 0 Å². The molecule has 4 rings (SSSR count). The highest BCUT2D eigenvalue weighted by atomic mass is 16.3. The molecule has 1 aliphatic heterocycles. The standard InChI is InChI=1S/C15H21N3O/c19-15(11-6-7-11)8-18(9-15)14-12-4-2-1-3-5-13(12)16-10-17-14/h10-11,19H,1-9H2. The average molecular weight is 259 g/mol. The summed E-state index contributed by atoms with van der Waals surface area (Å²) in [6, 6.07) is 0. The van der Waals surface area contributed by atoms with E-state index in [0.29, 0.717) is 5.92 Å². The molecular weight excluding hydrogens is 238 g/mol. The maximum atomic E-state index is 10.5. The average Bonchev–Trinajstić information content (AvgIpc) is 3.20. The van der Waals surface area contributed by atoms with Crippen molar-refractivity contribution < 1.29 is 5.11 Å². The number of hydrogen-bond acceptors (Lipinski definition) is 4. The van der Waals surface area contributed by atoms with E-state index in [4.69, 9.17) is 0 Å². The Kier molecular flexibility index (Phi) is 2.56. The normalized spacial score (nSPS) is 25.4. The molecule has 1 saturated carbocycles. The number of anilines is 1. The van der Waals surface area contributed by atoms with Crippen LogP contribution in [0.4, 0.5) is 5.82 Å². The third kappa shape index (κ3) is 1.93. The molecule has 2 fully saturated rings. The first kappa shape index (κ1) is 11.6. The zero-order valence-electron chi connectivity index (χ0n) is 11.3. The molecule has 1 aromatic heterocycles. The van der Waals surface area contributed by atoms with Crippen molar-refractivity contribution in [3.63, 3.8) is 0 Å². The van der Waals surface area contributed by atoms with Crippen molar-refractivity contribution in [1.82, 2.24) is 9.97 Å². The van der Waals surface area contributed by atoms with Crippen molar-refractivity contribution in [1.29, 1.82) is 0 Å². The van der Waals surface area contributed by atoms with E-state index in [9.17, 15) is 5.11 Å². The maximum absolute atomic E-state index is 10.5. The van der Waals surface area contributed by atoms with Gasteiger partial charge in [-0.1, -0.05) is 6.42 Å². The van der Waals surface area contributed by atoms with E-state index in [0.717, 1.165) is 31.7 Å². The van der Waals surface area contributed by atoms with Crippen LogP contribution in [0.1, 0.15) is 43.4 Å². The fraction of sp³-hybridized carbons (Fsp3) is 0.733. The second kappa shape index (κ2) is 4.17. The topological polar surface area (TPSA) is 49.2 Å². The first-order valence-corrected chi connectivity index (χ1v) is 7.56. The van der Waals surface area contributed by atoms with Gasteiger partial charge in [0.2, 0.25) is 0 Å². The van der Waals surface area contributed by atoms with Crippen LogP contribution in [-0.4, -0.2) is 33.8 Å². The van der Waals surface area contributed by atoms with Gasteiger partial charge >= 0.3 is 0 Å². The van der Waals surface area contributed by atoms with Gasteiger partial charge in [-0.05, 0) is 44.4 Å². The third-order valence-corrected chi connectivity index (χ3v) is 4.92. The monoisotopic (exact) mass is 259 g/mol. The van der Waals surface area contributed by atoms with Gasteiger partial charge in [-0.25, -0.2) is 9.97 Å². The number of hydrogen-bond donors (Lipinski definition) is 1. The summed E-state index contributed by atoms with van der Waals surface area (Å²) in [6.07, 6.45) is 10.1. The Bertz CT molecular complexity index is 492. The van der Waals surface area contributed by atoms with Gasteiger partial charge in [0, 0.05) is 11.3 Å². The molecule has 4 heteroatoms. The molecule has 0 atom stereocenters. The van der Waals surface area contributed by atoms with Crippen LogP contribution in [0.2, 0.25) is 0 Å². The minimum Gasteiger partial charge on any atom is -0.386 e. The highest BCUT2D eigenvalue weighted by Gasteiger charge is 2.52. The van der Waals surface area contributed by atoms with E-state index in [-0.39, 0.29) is 0 Å². The van der Waals surface area contributed by atoms with Gasteiger partial charge in [-0.3, -0.25) is 0 Å². The number of aliphatic hydroxyl groups is 1. The van der Waals surface area contributed by atoms with Gasteiger partial charge in [0.25, 0.3) is 0 Å². The number of rotatable bonds is 2. The molecule has 0 bridgehead atoms. The molecule has 1 saturated heterocycles.